The van der Waals surface area contributed by atoms with Gasteiger partial charge in [0.15, 0.2) is 0 Å². The number of rotatable bonds is 5. The van der Waals surface area contributed by atoms with Crippen LogP contribution in [0.5, 0.6) is 0 Å². The van der Waals surface area contributed by atoms with Gasteiger partial charge in [0, 0.05) is 24.0 Å². The summed E-state index contributed by atoms with van der Waals surface area (Å²) in [6, 6.07) is 11.6. The lowest BCUT2D eigenvalue weighted by Crippen LogP contribution is -2.13. The third-order valence-electron chi connectivity index (χ3n) is 4.75. The molecule has 0 saturated heterocycles. The first-order chi connectivity index (χ1) is 15.2. The lowest BCUT2D eigenvalue weighted by Gasteiger charge is -2.09. The van der Waals surface area contributed by atoms with E-state index in [-0.39, 0.29) is 41.4 Å². The summed E-state index contributed by atoms with van der Waals surface area (Å²) in [7, 11) is 0. The van der Waals surface area contributed by atoms with Crippen LogP contribution in [0.1, 0.15) is 23.4 Å². The Kier molecular flexibility index (Phi) is 5.52. The molecular weight excluding hydrogens is 425 g/mol. The number of halogens is 3. The normalized spacial score (nSPS) is 11.6. The third kappa shape index (κ3) is 4.69. The topological polar surface area (TPSA) is 101 Å². The Labute approximate surface area is 179 Å². The number of aryl methyl sites for hydroxylation is 2. The van der Waals surface area contributed by atoms with E-state index in [0.717, 1.165) is 23.1 Å². The molecule has 2 aromatic heterocycles. The Balaban J connectivity index is 1.44. The van der Waals surface area contributed by atoms with Crippen LogP contribution in [-0.4, -0.2) is 21.0 Å². The molecule has 1 amide bonds. The SMILES string of the molecule is Cc1ccc2[nH]c(=O)c(-c3noc(CCC(=O)Nc4cccc(C(F)(F)F)c4)n3)cc2c1. The zero-order valence-corrected chi connectivity index (χ0v) is 16.8. The van der Waals surface area contributed by atoms with E-state index in [1.165, 1.54) is 12.1 Å². The van der Waals surface area contributed by atoms with Crippen LogP contribution < -0.4 is 10.9 Å². The number of amides is 1. The zero-order valence-electron chi connectivity index (χ0n) is 16.8. The highest BCUT2D eigenvalue weighted by Crippen LogP contribution is 2.30. The number of alkyl halides is 3. The van der Waals surface area contributed by atoms with Crippen molar-refractivity contribution in [2.45, 2.75) is 25.9 Å². The summed E-state index contributed by atoms with van der Waals surface area (Å²) in [5, 5.41) is 7.04. The fourth-order valence-corrected chi connectivity index (χ4v) is 3.18. The average Bonchev–Trinajstić information content (AvgIpc) is 3.20. The molecule has 0 aliphatic heterocycles. The molecular formula is C22H17F3N4O3. The summed E-state index contributed by atoms with van der Waals surface area (Å²) in [5.41, 5.74) is 0.736. The number of aromatic amines is 1. The van der Waals surface area contributed by atoms with Crippen LogP contribution in [0.15, 0.2) is 57.8 Å². The lowest BCUT2D eigenvalue weighted by atomic mass is 10.1. The fraction of sp³-hybridized carbons (Fsp3) is 0.182. The van der Waals surface area contributed by atoms with Crippen molar-refractivity contribution in [2.24, 2.45) is 0 Å². The Bertz CT molecular complexity index is 1360. The number of benzene rings is 2. The molecule has 4 aromatic rings. The molecule has 164 valence electrons. The summed E-state index contributed by atoms with van der Waals surface area (Å²) in [6.07, 6.45) is -4.53. The molecule has 0 bridgehead atoms. The van der Waals surface area contributed by atoms with E-state index >= 15 is 0 Å². The predicted octanol–water partition coefficient (Wildman–Crippen LogP) is 4.48. The lowest BCUT2D eigenvalue weighted by molar-refractivity contribution is -0.137. The van der Waals surface area contributed by atoms with E-state index in [1.54, 1.807) is 12.1 Å². The van der Waals surface area contributed by atoms with Crippen molar-refractivity contribution in [1.29, 1.82) is 0 Å². The van der Waals surface area contributed by atoms with Crippen molar-refractivity contribution < 1.29 is 22.5 Å². The van der Waals surface area contributed by atoms with Crippen LogP contribution in [-0.2, 0) is 17.4 Å². The molecule has 32 heavy (non-hydrogen) atoms. The van der Waals surface area contributed by atoms with Gasteiger partial charge in [-0.15, -0.1) is 0 Å². The predicted molar refractivity (Wildman–Crippen MR) is 111 cm³/mol. The first-order valence-electron chi connectivity index (χ1n) is 9.63. The molecule has 10 heteroatoms. The standard InChI is InChI=1S/C22H17F3N4O3/c1-12-5-6-17-13(9-12)10-16(21(31)27-17)20-28-19(32-29-20)8-7-18(30)26-15-4-2-3-14(11-15)22(23,24)25/h2-6,9-11H,7-8H2,1H3,(H,26,30)(H,27,31). The largest absolute Gasteiger partial charge is 0.416 e. The van der Waals surface area contributed by atoms with Gasteiger partial charge in [0.2, 0.25) is 17.6 Å². The van der Waals surface area contributed by atoms with Gasteiger partial charge in [-0.1, -0.05) is 22.9 Å². The van der Waals surface area contributed by atoms with Crippen LogP contribution in [0, 0.1) is 6.92 Å². The number of hydrogen-bond acceptors (Lipinski definition) is 5. The van der Waals surface area contributed by atoms with Crippen LogP contribution in [0.3, 0.4) is 0 Å². The van der Waals surface area contributed by atoms with Gasteiger partial charge in [0.05, 0.1) is 11.1 Å². The molecule has 0 spiro atoms. The summed E-state index contributed by atoms with van der Waals surface area (Å²) in [4.78, 5) is 31.4. The molecule has 0 atom stereocenters. The number of fused-ring (bicyclic) bond motifs is 1. The number of carbonyl (C=O) groups is 1. The third-order valence-corrected chi connectivity index (χ3v) is 4.75. The van der Waals surface area contributed by atoms with Crippen LogP contribution in [0.4, 0.5) is 18.9 Å². The first-order valence-corrected chi connectivity index (χ1v) is 9.63. The van der Waals surface area contributed by atoms with Gasteiger partial charge in [-0.3, -0.25) is 9.59 Å². The Hall–Kier alpha value is -3.95. The van der Waals surface area contributed by atoms with E-state index in [9.17, 15) is 22.8 Å². The van der Waals surface area contributed by atoms with E-state index in [2.05, 4.69) is 20.4 Å². The minimum Gasteiger partial charge on any atom is -0.339 e. The highest BCUT2D eigenvalue weighted by molar-refractivity contribution is 5.90. The highest BCUT2D eigenvalue weighted by atomic mass is 19.4. The molecule has 7 nitrogen and oxygen atoms in total. The van der Waals surface area contributed by atoms with Crippen molar-refractivity contribution >= 4 is 22.5 Å². The molecule has 0 saturated carbocycles. The number of aromatic nitrogens is 3. The summed E-state index contributed by atoms with van der Waals surface area (Å²) < 4.78 is 43.5. The zero-order chi connectivity index (χ0) is 22.9. The molecule has 4 rings (SSSR count). The van der Waals surface area contributed by atoms with Crippen molar-refractivity contribution in [2.75, 3.05) is 5.32 Å². The Morgan fingerprint density at radius 3 is 2.75 bits per heavy atom. The number of nitrogens with zero attached hydrogens (tertiary/aromatic N) is 2. The number of H-pyrrole nitrogens is 1. The molecule has 2 aromatic carbocycles. The second kappa shape index (κ2) is 8.29. The Morgan fingerprint density at radius 1 is 1.16 bits per heavy atom. The molecule has 2 heterocycles. The summed E-state index contributed by atoms with van der Waals surface area (Å²) >= 11 is 0. The summed E-state index contributed by atoms with van der Waals surface area (Å²) in [5.74, 6) is -0.297. The monoisotopic (exact) mass is 442 g/mol. The number of carbonyl (C=O) groups excluding carboxylic acids is 1. The van der Waals surface area contributed by atoms with Crippen molar-refractivity contribution in [3.05, 3.63) is 75.9 Å². The number of hydrogen-bond donors (Lipinski definition) is 2. The van der Waals surface area contributed by atoms with Gasteiger partial charge in [0.25, 0.3) is 5.56 Å². The smallest absolute Gasteiger partial charge is 0.339 e. The quantitative estimate of drug-likeness (QED) is 0.475. The summed E-state index contributed by atoms with van der Waals surface area (Å²) in [6.45, 7) is 1.93. The molecule has 0 aliphatic rings. The van der Waals surface area contributed by atoms with E-state index in [0.29, 0.717) is 5.52 Å². The van der Waals surface area contributed by atoms with Gasteiger partial charge in [-0.25, -0.2) is 0 Å². The molecule has 0 unspecified atom stereocenters. The van der Waals surface area contributed by atoms with Crippen molar-refractivity contribution in [3.63, 3.8) is 0 Å². The molecule has 0 radical (unpaired) electrons. The Morgan fingerprint density at radius 2 is 1.97 bits per heavy atom. The highest BCUT2D eigenvalue weighted by Gasteiger charge is 2.30. The molecule has 2 N–H and O–H groups in total. The minimum atomic E-state index is -4.50. The maximum Gasteiger partial charge on any atom is 0.416 e. The maximum atomic E-state index is 12.8. The number of anilines is 1. The van der Waals surface area contributed by atoms with Crippen molar-refractivity contribution in [1.82, 2.24) is 15.1 Å². The van der Waals surface area contributed by atoms with E-state index in [1.807, 2.05) is 19.1 Å². The molecule has 0 fully saturated rings. The number of pyridine rings is 1. The van der Waals surface area contributed by atoms with Crippen LogP contribution in [0.2, 0.25) is 0 Å². The van der Waals surface area contributed by atoms with Gasteiger partial charge < -0.3 is 14.8 Å². The number of nitrogens with one attached hydrogen (secondary N) is 2. The second-order valence-electron chi connectivity index (χ2n) is 7.24. The minimum absolute atomic E-state index is 0.0361. The maximum absolute atomic E-state index is 12.8. The fourth-order valence-electron chi connectivity index (χ4n) is 3.18. The van der Waals surface area contributed by atoms with Gasteiger partial charge >= 0.3 is 6.18 Å². The van der Waals surface area contributed by atoms with Gasteiger partial charge in [-0.05, 0) is 48.7 Å². The van der Waals surface area contributed by atoms with Gasteiger partial charge in [-0.2, -0.15) is 18.2 Å². The van der Waals surface area contributed by atoms with Crippen molar-refractivity contribution in [3.8, 4) is 11.4 Å². The van der Waals surface area contributed by atoms with Gasteiger partial charge in [0.1, 0.15) is 0 Å². The first kappa shape index (κ1) is 21.3. The van der Waals surface area contributed by atoms with E-state index in [4.69, 9.17) is 4.52 Å². The average molecular weight is 442 g/mol. The second-order valence-corrected chi connectivity index (χ2v) is 7.24. The van der Waals surface area contributed by atoms with Crippen LogP contribution in [0.25, 0.3) is 22.3 Å². The van der Waals surface area contributed by atoms with E-state index < -0.39 is 17.6 Å². The van der Waals surface area contributed by atoms with Crippen LogP contribution >= 0.6 is 0 Å². The molecule has 0 aliphatic carbocycles.